The molecule has 0 aliphatic heterocycles. The van der Waals surface area contributed by atoms with Crippen LogP contribution >= 0.6 is 0 Å². The zero-order valence-corrected chi connectivity index (χ0v) is 28.6. The molecule has 0 saturated carbocycles. The predicted molar refractivity (Wildman–Crippen MR) is 209 cm³/mol. The van der Waals surface area contributed by atoms with Crippen molar-refractivity contribution < 1.29 is 0 Å². The molecule has 0 bridgehead atoms. The molecule has 240 valence electrons. The van der Waals surface area contributed by atoms with Gasteiger partial charge in [0, 0.05) is 12.4 Å². The van der Waals surface area contributed by atoms with E-state index in [1.165, 1.54) is 54.3 Å². The molecular weight excluding hydrogens is 607 g/mol. The lowest BCUT2D eigenvalue weighted by molar-refractivity contribution is 1.20. The molecule has 0 saturated heterocycles. The van der Waals surface area contributed by atoms with E-state index in [-0.39, 0.29) is 0 Å². The summed E-state index contributed by atoms with van der Waals surface area (Å²) < 4.78 is 0. The van der Waals surface area contributed by atoms with Crippen LogP contribution in [0.15, 0.2) is 158 Å². The van der Waals surface area contributed by atoms with Gasteiger partial charge in [0.05, 0.1) is 22.8 Å². The van der Waals surface area contributed by atoms with E-state index in [1.807, 2.05) is 48.8 Å². The minimum atomic E-state index is 0.814. The largest absolute Gasteiger partial charge is 0.255 e. The smallest absolute Gasteiger partial charge is 0.0900 e. The highest BCUT2D eigenvalue weighted by atomic mass is 14.8. The lowest BCUT2D eigenvalue weighted by Gasteiger charge is -2.17. The highest BCUT2D eigenvalue weighted by Crippen LogP contribution is 2.34. The summed E-state index contributed by atoms with van der Waals surface area (Å²) in [6.07, 6.45) is 4.59. The van der Waals surface area contributed by atoms with Crippen LogP contribution < -0.4 is 10.4 Å². The number of hydrogen-bond donors (Lipinski definition) is 0. The molecule has 0 amide bonds. The van der Waals surface area contributed by atoms with E-state index in [2.05, 4.69) is 140 Å². The number of rotatable bonds is 6. The molecule has 50 heavy (non-hydrogen) atoms. The second-order valence-corrected chi connectivity index (χ2v) is 12.8. The average molecular weight is 644 g/mol. The van der Waals surface area contributed by atoms with Crippen molar-refractivity contribution in [3.8, 4) is 33.9 Å². The Balaban J connectivity index is 1.44. The fraction of sp³-hybridized carbons (Fsp3) is 0.0851. The van der Waals surface area contributed by atoms with Crippen LogP contribution in [0.1, 0.15) is 37.0 Å². The van der Waals surface area contributed by atoms with Gasteiger partial charge >= 0.3 is 0 Å². The van der Waals surface area contributed by atoms with Crippen molar-refractivity contribution in [2.45, 2.75) is 27.2 Å². The lowest BCUT2D eigenvalue weighted by Crippen LogP contribution is -2.30. The minimum absolute atomic E-state index is 0.814. The first-order valence-corrected chi connectivity index (χ1v) is 17.3. The number of aryl methyl sites for hydroxylation is 1. The first-order chi connectivity index (χ1) is 24.6. The molecule has 8 rings (SSSR count). The monoisotopic (exact) mass is 643 g/mol. The molecule has 3 heterocycles. The van der Waals surface area contributed by atoms with Gasteiger partial charge in [-0.15, -0.1) is 0 Å². The van der Waals surface area contributed by atoms with Crippen molar-refractivity contribution in [2.24, 2.45) is 0 Å². The predicted octanol–water partition coefficient (Wildman–Crippen LogP) is 10.3. The molecule has 3 nitrogen and oxygen atoms in total. The molecule has 8 aromatic rings. The third kappa shape index (κ3) is 5.77. The van der Waals surface area contributed by atoms with Crippen molar-refractivity contribution in [1.29, 1.82) is 0 Å². The number of pyridine rings is 3. The van der Waals surface area contributed by atoms with E-state index in [9.17, 15) is 0 Å². The fourth-order valence-electron chi connectivity index (χ4n) is 7.11. The zero-order chi connectivity index (χ0) is 34.0. The van der Waals surface area contributed by atoms with Crippen LogP contribution in [0.4, 0.5) is 0 Å². The Morgan fingerprint density at radius 3 is 1.82 bits per heavy atom. The molecular formula is C47H37N3. The maximum atomic E-state index is 5.03. The molecule has 0 aliphatic carbocycles. The van der Waals surface area contributed by atoms with E-state index in [4.69, 9.17) is 4.98 Å². The van der Waals surface area contributed by atoms with Crippen molar-refractivity contribution in [3.63, 3.8) is 0 Å². The van der Waals surface area contributed by atoms with Gasteiger partial charge in [-0.25, -0.2) is 4.98 Å². The number of nitrogens with zero attached hydrogens (tertiary/aromatic N) is 3. The SMILES string of the molecule is CCC(C)=c1/c(=C(/c2cccc(-c3cc(-c4ccccn4)nc(-c4ccccn4)c3)c2)c2ccc3ccccc3c2C)ccc2ccccc12. The van der Waals surface area contributed by atoms with Gasteiger partial charge < -0.3 is 0 Å². The Labute approximate surface area is 293 Å². The summed E-state index contributed by atoms with van der Waals surface area (Å²) in [6.45, 7) is 6.80. The van der Waals surface area contributed by atoms with E-state index in [1.54, 1.807) is 0 Å². The van der Waals surface area contributed by atoms with Gasteiger partial charge in [-0.05, 0) is 128 Å². The summed E-state index contributed by atoms with van der Waals surface area (Å²) in [7, 11) is 0. The highest BCUT2D eigenvalue weighted by Gasteiger charge is 2.16. The molecule has 3 heteroatoms. The average Bonchev–Trinajstić information content (AvgIpc) is 3.19. The van der Waals surface area contributed by atoms with Crippen LogP contribution in [0, 0.1) is 6.92 Å². The maximum Gasteiger partial charge on any atom is 0.0900 e. The molecule has 5 aromatic carbocycles. The molecule has 0 radical (unpaired) electrons. The molecule has 3 aromatic heterocycles. The van der Waals surface area contributed by atoms with Gasteiger partial charge in [0.2, 0.25) is 0 Å². The first kappa shape index (κ1) is 31.1. The van der Waals surface area contributed by atoms with Crippen molar-refractivity contribution in [1.82, 2.24) is 15.0 Å². The summed E-state index contributed by atoms with van der Waals surface area (Å²) in [5.74, 6) is 0. The standard InChI is InChI=1S/C47H37N3/c1-4-31(2)46-40-19-8-6-15-34(40)23-25-41(46)47(39-24-22-33-14-5-7-18-38(33)32(39)3)36-17-13-16-35(28-36)37-29-44(42-20-9-11-26-48-42)50-45(30-37)43-21-10-12-27-49-43/h5-30H,4H2,1-3H3/b46-31?,47-41-. The van der Waals surface area contributed by atoms with Crippen LogP contribution in [0.5, 0.6) is 0 Å². The summed E-state index contributed by atoms with van der Waals surface area (Å²) in [5.41, 5.74) is 11.7. The molecule has 0 fully saturated rings. The third-order valence-electron chi connectivity index (χ3n) is 9.79. The van der Waals surface area contributed by atoms with Gasteiger partial charge in [-0.1, -0.05) is 116 Å². The second-order valence-electron chi connectivity index (χ2n) is 12.8. The number of aromatic nitrogens is 3. The van der Waals surface area contributed by atoms with Crippen LogP contribution in [0.2, 0.25) is 0 Å². The van der Waals surface area contributed by atoms with Gasteiger partial charge in [0.15, 0.2) is 0 Å². The van der Waals surface area contributed by atoms with Gasteiger partial charge in [0.25, 0.3) is 0 Å². The summed E-state index contributed by atoms with van der Waals surface area (Å²) in [6, 6.07) is 51.8. The molecule has 0 unspecified atom stereocenters. The Morgan fingerprint density at radius 1 is 0.540 bits per heavy atom. The minimum Gasteiger partial charge on any atom is -0.255 e. The molecule has 0 N–H and O–H groups in total. The second kappa shape index (κ2) is 13.4. The number of fused-ring (bicyclic) bond motifs is 2. The zero-order valence-electron chi connectivity index (χ0n) is 28.6. The Bertz CT molecular complexity index is 2580. The quantitative estimate of drug-likeness (QED) is 0.181. The normalized spacial score (nSPS) is 12.6. The van der Waals surface area contributed by atoms with E-state index >= 15 is 0 Å². The summed E-state index contributed by atoms with van der Waals surface area (Å²) in [5, 5.41) is 7.62. The van der Waals surface area contributed by atoms with Gasteiger partial charge in [-0.2, -0.15) is 0 Å². The van der Waals surface area contributed by atoms with Gasteiger partial charge in [-0.3, -0.25) is 9.97 Å². The highest BCUT2D eigenvalue weighted by molar-refractivity contribution is 5.95. The van der Waals surface area contributed by atoms with Gasteiger partial charge in [0.1, 0.15) is 0 Å². The van der Waals surface area contributed by atoms with Crippen molar-refractivity contribution >= 4 is 32.7 Å². The van der Waals surface area contributed by atoms with Crippen molar-refractivity contribution in [2.75, 3.05) is 0 Å². The van der Waals surface area contributed by atoms with E-state index in [0.29, 0.717) is 0 Å². The van der Waals surface area contributed by atoms with Crippen LogP contribution in [-0.4, -0.2) is 15.0 Å². The third-order valence-corrected chi connectivity index (χ3v) is 9.79. The topological polar surface area (TPSA) is 38.7 Å². The summed E-state index contributed by atoms with van der Waals surface area (Å²) in [4.78, 5) is 14.3. The van der Waals surface area contributed by atoms with E-state index in [0.717, 1.165) is 45.9 Å². The van der Waals surface area contributed by atoms with Crippen molar-refractivity contribution in [3.05, 3.63) is 185 Å². The van der Waals surface area contributed by atoms with Crippen LogP contribution in [-0.2, 0) is 0 Å². The van der Waals surface area contributed by atoms with Crippen LogP contribution in [0.3, 0.4) is 0 Å². The molecule has 0 aliphatic rings. The lowest BCUT2D eigenvalue weighted by atomic mass is 9.87. The number of benzene rings is 5. The Hall–Kier alpha value is -6.19. The first-order valence-electron chi connectivity index (χ1n) is 17.3. The summed E-state index contributed by atoms with van der Waals surface area (Å²) >= 11 is 0. The molecule has 0 atom stereocenters. The van der Waals surface area contributed by atoms with Crippen LogP contribution in [0.25, 0.3) is 66.6 Å². The Kier molecular flexibility index (Phi) is 8.32. The maximum absolute atomic E-state index is 5.03. The Morgan fingerprint density at radius 2 is 1.16 bits per heavy atom. The fourth-order valence-corrected chi connectivity index (χ4v) is 7.11. The molecule has 0 spiro atoms. The van der Waals surface area contributed by atoms with E-state index < -0.39 is 0 Å². The number of hydrogen-bond acceptors (Lipinski definition) is 3.